The molecule has 0 amide bonds. The van der Waals surface area contributed by atoms with Crippen LogP contribution in [-0.2, 0) is 14.8 Å². The molecule has 0 radical (unpaired) electrons. The molecule has 1 aliphatic rings. The van der Waals surface area contributed by atoms with Crippen molar-refractivity contribution >= 4 is 27.0 Å². The Labute approximate surface area is 105 Å². The molecule has 1 aromatic heterocycles. The van der Waals surface area contributed by atoms with Crippen LogP contribution in [-0.4, -0.2) is 27.7 Å². The smallest absolute Gasteiger partial charge is 0.250 e. The number of nitrogen functional groups attached to an aromatic ring is 1. The summed E-state index contributed by atoms with van der Waals surface area (Å²) < 4.78 is 32.1. The van der Waals surface area contributed by atoms with Gasteiger partial charge >= 0.3 is 0 Å². The molecule has 2 rings (SSSR count). The van der Waals surface area contributed by atoms with E-state index in [-0.39, 0.29) is 9.81 Å². The quantitative estimate of drug-likeness (QED) is 0.846. The molecule has 1 aliphatic carbocycles. The average Bonchev–Trinajstić information content (AvgIpc) is 2.64. The molecule has 0 aromatic carbocycles. The van der Waals surface area contributed by atoms with E-state index in [2.05, 4.69) is 4.72 Å². The lowest BCUT2D eigenvalue weighted by Gasteiger charge is -2.40. The fourth-order valence-corrected chi connectivity index (χ4v) is 4.03. The van der Waals surface area contributed by atoms with E-state index in [4.69, 9.17) is 10.5 Å². The topological polar surface area (TPSA) is 81.4 Å². The first-order chi connectivity index (χ1) is 7.97. The van der Waals surface area contributed by atoms with Crippen molar-refractivity contribution in [3.63, 3.8) is 0 Å². The minimum absolute atomic E-state index is 0.251. The molecule has 1 saturated carbocycles. The van der Waals surface area contributed by atoms with E-state index in [1.54, 1.807) is 12.5 Å². The second kappa shape index (κ2) is 4.56. The third kappa shape index (κ3) is 2.62. The van der Waals surface area contributed by atoms with Crippen molar-refractivity contribution in [3.05, 3.63) is 11.4 Å². The molecule has 7 heteroatoms. The number of anilines is 1. The molecule has 0 atom stereocenters. The third-order valence-electron chi connectivity index (χ3n) is 3.14. The van der Waals surface area contributed by atoms with Crippen LogP contribution in [0.4, 0.5) is 5.69 Å². The van der Waals surface area contributed by atoms with Crippen molar-refractivity contribution in [1.82, 2.24) is 4.72 Å². The zero-order valence-electron chi connectivity index (χ0n) is 9.60. The van der Waals surface area contributed by atoms with Crippen LogP contribution in [0.3, 0.4) is 0 Å². The van der Waals surface area contributed by atoms with Crippen molar-refractivity contribution in [1.29, 1.82) is 0 Å². The van der Waals surface area contributed by atoms with Gasteiger partial charge in [-0.25, -0.2) is 13.1 Å². The summed E-state index contributed by atoms with van der Waals surface area (Å²) in [6.45, 7) is 0.323. The van der Waals surface area contributed by atoms with Crippen LogP contribution in [0.15, 0.2) is 15.7 Å². The maximum absolute atomic E-state index is 11.9. The Bertz CT molecular complexity index is 486. The van der Waals surface area contributed by atoms with Crippen LogP contribution >= 0.6 is 11.3 Å². The second-order valence-corrected chi connectivity index (χ2v) is 7.17. The number of nitrogens with two attached hydrogens (primary N) is 1. The molecule has 1 heterocycles. The van der Waals surface area contributed by atoms with Gasteiger partial charge in [0.15, 0.2) is 0 Å². The average molecular weight is 276 g/mol. The number of hydrogen-bond donors (Lipinski definition) is 2. The van der Waals surface area contributed by atoms with Crippen LogP contribution < -0.4 is 10.5 Å². The van der Waals surface area contributed by atoms with Gasteiger partial charge < -0.3 is 10.5 Å². The highest BCUT2D eigenvalue weighted by Crippen LogP contribution is 2.34. The van der Waals surface area contributed by atoms with E-state index in [1.807, 2.05) is 0 Å². The fourth-order valence-electron chi connectivity index (χ4n) is 1.79. The highest BCUT2D eigenvalue weighted by atomic mass is 32.2. The molecule has 17 heavy (non-hydrogen) atoms. The van der Waals surface area contributed by atoms with Crippen molar-refractivity contribution < 1.29 is 13.2 Å². The highest BCUT2D eigenvalue weighted by molar-refractivity contribution is 7.91. The largest absolute Gasteiger partial charge is 0.398 e. The van der Waals surface area contributed by atoms with Gasteiger partial charge in [-0.05, 0) is 25.3 Å². The summed E-state index contributed by atoms with van der Waals surface area (Å²) >= 11 is 1.12. The maximum Gasteiger partial charge on any atom is 0.250 e. The monoisotopic (exact) mass is 276 g/mol. The number of ether oxygens (including phenoxy) is 1. The van der Waals surface area contributed by atoms with Crippen LogP contribution in [0.1, 0.15) is 19.3 Å². The van der Waals surface area contributed by atoms with Gasteiger partial charge in [0, 0.05) is 24.7 Å². The molecule has 1 aromatic rings. The number of sulfonamides is 1. The molecule has 5 nitrogen and oxygen atoms in total. The Hall–Kier alpha value is -0.630. The van der Waals surface area contributed by atoms with E-state index in [1.165, 1.54) is 6.07 Å². The Balaban J connectivity index is 2.03. The summed E-state index contributed by atoms with van der Waals surface area (Å²) in [5.41, 5.74) is 5.68. The van der Waals surface area contributed by atoms with E-state index >= 15 is 0 Å². The molecule has 0 spiro atoms. The van der Waals surface area contributed by atoms with Crippen molar-refractivity contribution in [2.75, 3.05) is 19.4 Å². The molecule has 1 fully saturated rings. The van der Waals surface area contributed by atoms with E-state index in [0.717, 1.165) is 30.6 Å². The molecule has 0 saturated heterocycles. The number of hydrogen-bond acceptors (Lipinski definition) is 5. The molecule has 0 bridgehead atoms. The van der Waals surface area contributed by atoms with Gasteiger partial charge in [0.05, 0.1) is 5.60 Å². The van der Waals surface area contributed by atoms with Crippen LogP contribution in [0.25, 0.3) is 0 Å². The van der Waals surface area contributed by atoms with Gasteiger partial charge in [-0.1, -0.05) is 0 Å². The van der Waals surface area contributed by atoms with E-state index < -0.39 is 10.0 Å². The minimum Gasteiger partial charge on any atom is -0.398 e. The molecule has 0 aliphatic heterocycles. The first-order valence-corrected chi connectivity index (χ1v) is 7.73. The van der Waals surface area contributed by atoms with Gasteiger partial charge in [-0.2, -0.15) is 0 Å². The Morgan fingerprint density at radius 3 is 2.71 bits per heavy atom. The number of methoxy groups -OCH3 is 1. The zero-order chi connectivity index (χ0) is 12.5. The molecule has 0 unspecified atom stereocenters. The lowest BCUT2D eigenvalue weighted by molar-refractivity contribution is -0.0659. The standard InChI is InChI=1S/C10H16N2O3S2/c1-15-10(3-2-4-10)7-12-17(13,14)9-5-8(11)6-16-9/h5-6,12H,2-4,7,11H2,1H3. The lowest BCUT2D eigenvalue weighted by atomic mass is 9.80. The summed E-state index contributed by atoms with van der Waals surface area (Å²) in [7, 11) is -1.83. The van der Waals surface area contributed by atoms with Gasteiger partial charge in [-0.3, -0.25) is 0 Å². The Morgan fingerprint density at radius 2 is 2.29 bits per heavy atom. The first-order valence-electron chi connectivity index (χ1n) is 5.36. The van der Waals surface area contributed by atoms with Crippen LogP contribution in [0.5, 0.6) is 0 Å². The number of nitrogens with one attached hydrogen (secondary N) is 1. The zero-order valence-corrected chi connectivity index (χ0v) is 11.2. The Morgan fingerprint density at radius 1 is 1.59 bits per heavy atom. The fraction of sp³-hybridized carbons (Fsp3) is 0.600. The molecular formula is C10H16N2O3S2. The highest BCUT2D eigenvalue weighted by Gasteiger charge is 2.38. The molecule has 96 valence electrons. The van der Waals surface area contributed by atoms with Gasteiger partial charge in [-0.15, -0.1) is 11.3 Å². The predicted octanol–water partition coefficient (Wildman–Crippen LogP) is 1.18. The summed E-state index contributed by atoms with van der Waals surface area (Å²) in [4.78, 5) is 0. The number of thiophene rings is 1. The summed E-state index contributed by atoms with van der Waals surface area (Å²) in [5.74, 6) is 0. The second-order valence-electron chi connectivity index (χ2n) is 4.26. The normalized spacial score (nSPS) is 18.9. The Kier molecular flexibility index (Phi) is 3.44. The van der Waals surface area contributed by atoms with Crippen LogP contribution in [0.2, 0.25) is 0 Å². The SMILES string of the molecule is COC1(CNS(=O)(=O)c2cc(N)cs2)CCC1. The van der Waals surface area contributed by atoms with Crippen molar-refractivity contribution in [2.24, 2.45) is 0 Å². The summed E-state index contributed by atoms with van der Waals surface area (Å²) in [6.07, 6.45) is 2.89. The van der Waals surface area contributed by atoms with Gasteiger partial charge in [0.25, 0.3) is 0 Å². The van der Waals surface area contributed by atoms with Gasteiger partial charge in [0.1, 0.15) is 4.21 Å². The summed E-state index contributed by atoms with van der Waals surface area (Å²) in [5, 5.41) is 1.62. The van der Waals surface area contributed by atoms with Gasteiger partial charge in [0.2, 0.25) is 10.0 Å². The summed E-state index contributed by atoms with van der Waals surface area (Å²) in [6, 6.07) is 1.47. The molecule has 3 N–H and O–H groups in total. The maximum atomic E-state index is 11.9. The van der Waals surface area contributed by atoms with E-state index in [0.29, 0.717) is 12.2 Å². The van der Waals surface area contributed by atoms with Crippen molar-refractivity contribution in [3.8, 4) is 0 Å². The first kappa shape index (κ1) is 12.8. The molecular weight excluding hydrogens is 260 g/mol. The van der Waals surface area contributed by atoms with Crippen LogP contribution in [0, 0.1) is 0 Å². The third-order valence-corrected chi connectivity index (χ3v) is 6.00. The lowest BCUT2D eigenvalue weighted by Crippen LogP contribution is -2.49. The minimum atomic E-state index is -3.45. The van der Waals surface area contributed by atoms with E-state index in [9.17, 15) is 8.42 Å². The predicted molar refractivity (Wildman–Crippen MR) is 67.5 cm³/mol. The number of rotatable bonds is 5. The van der Waals surface area contributed by atoms with Crippen molar-refractivity contribution in [2.45, 2.75) is 29.1 Å².